The molecular weight excluding hydrogens is 342 g/mol. The fourth-order valence-corrected chi connectivity index (χ4v) is 4.75. The van der Waals surface area contributed by atoms with Crippen molar-refractivity contribution in [3.63, 3.8) is 0 Å². The van der Waals surface area contributed by atoms with E-state index in [0.29, 0.717) is 24.9 Å². The number of sulfonamides is 1. The van der Waals surface area contributed by atoms with Crippen LogP contribution in [-0.4, -0.2) is 42.6 Å². The first-order valence-electron chi connectivity index (χ1n) is 8.33. The second kappa shape index (κ2) is 7.15. The Morgan fingerprint density at radius 1 is 1.44 bits per heavy atom. The fraction of sp³-hybridized carbons (Fsp3) is 0.471. The highest BCUT2D eigenvalue weighted by Gasteiger charge is 2.36. The van der Waals surface area contributed by atoms with Gasteiger partial charge in [-0.05, 0) is 49.4 Å². The van der Waals surface area contributed by atoms with Gasteiger partial charge in [0.25, 0.3) is 0 Å². The quantitative estimate of drug-likeness (QED) is 0.779. The lowest BCUT2D eigenvalue weighted by Gasteiger charge is -2.37. The van der Waals surface area contributed by atoms with Crippen molar-refractivity contribution in [1.29, 1.82) is 0 Å². The van der Waals surface area contributed by atoms with Crippen molar-refractivity contribution in [3.8, 4) is 11.4 Å². The molecular formula is C17H23N3O4S. The van der Waals surface area contributed by atoms with Gasteiger partial charge in [-0.15, -0.1) is 0 Å². The van der Waals surface area contributed by atoms with Gasteiger partial charge in [0.2, 0.25) is 10.0 Å². The summed E-state index contributed by atoms with van der Waals surface area (Å²) < 4.78 is 35.5. The Hall–Kier alpha value is -1.90. The zero-order valence-corrected chi connectivity index (χ0v) is 15.1. The number of aromatic nitrogens is 2. The highest BCUT2D eigenvalue weighted by molar-refractivity contribution is 7.89. The molecule has 25 heavy (non-hydrogen) atoms. The van der Waals surface area contributed by atoms with Crippen molar-refractivity contribution in [2.75, 3.05) is 7.11 Å². The molecule has 8 heteroatoms. The van der Waals surface area contributed by atoms with Gasteiger partial charge in [-0.25, -0.2) is 17.8 Å². The smallest absolute Gasteiger partial charge is 0.244 e. The van der Waals surface area contributed by atoms with Crippen LogP contribution in [0.15, 0.2) is 41.6 Å². The SMILES string of the molecule is CC[C@H](NS(=O)(=O)c1cc(-n2cccn2)ccc1OC)C1CC(O)C1. The molecule has 0 unspecified atom stereocenters. The molecule has 1 saturated carbocycles. The maximum absolute atomic E-state index is 12.9. The van der Waals surface area contributed by atoms with E-state index in [9.17, 15) is 13.5 Å². The molecule has 0 radical (unpaired) electrons. The van der Waals surface area contributed by atoms with E-state index in [1.54, 1.807) is 41.3 Å². The molecule has 2 N–H and O–H groups in total. The second-order valence-electron chi connectivity index (χ2n) is 6.31. The predicted octanol–water partition coefficient (Wildman–Crippen LogP) is 1.71. The number of nitrogens with one attached hydrogen (secondary N) is 1. The normalized spacial score (nSPS) is 21.6. The Morgan fingerprint density at radius 3 is 2.76 bits per heavy atom. The summed E-state index contributed by atoms with van der Waals surface area (Å²) in [5, 5.41) is 13.6. The van der Waals surface area contributed by atoms with E-state index in [4.69, 9.17) is 4.74 Å². The minimum atomic E-state index is -3.76. The molecule has 1 heterocycles. The van der Waals surface area contributed by atoms with Gasteiger partial charge >= 0.3 is 0 Å². The topological polar surface area (TPSA) is 93.5 Å². The van der Waals surface area contributed by atoms with Gasteiger partial charge in [0.1, 0.15) is 10.6 Å². The molecule has 0 amide bonds. The zero-order chi connectivity index (χ0) is 18.0. The average molecular weight is 365 g/mol. The third-order valence-electron chi connectivity index (χ3n) is 4.67. The Labute approximate surface area is 147 Å². The first-order valence-corrected chi connectivity index (χ1v) is 9.81. The van der Waals surface area contributed by atoms with Crippen LogP contribution in [0.5, 0.6) is 5.75 Å². The number of benzene rings is 1. The van der Waals surface area contributed by atoms with Crippen LogP contribution in [0.1, 0.15) is 26.2 Å². The maximum atomic E-state index is 12.9. The van der Waals surface area contributed by atoms with Crippen molar-refractivity contribution in [1.82, 2.24) is 14.5 Å². The van der Waals surface area contributed by atoms with E-state index in [-0.39, 0.29) is 28.7 Å². The Kier molecular flexibility index (Phi) is 5.12. The van der Waals surface area contributed by atoms with Crippen LogP contribution in [-0.2, 0) is 10.0 Å². The van der Waals surface area contributed by atoms with Gasteiger partial charge < -0.3 is 9.84 Å². The number of rotatable bonds is 7. The molecule has 3 rings (SSSR count). The summed E-state index contributed by atoms with van der Waals surface area (Å²) in [6, 6.07) is 6.50. The predicted molar refractivity (Wildman–Crippen MR) is 93.2 cm³/mol. The largest absolute Gasteiger partial charge is 0.495 e. The number of methoxy groups -OCH3 is 1. The number of aliphatic hydroxyl groups excluding tert-OH is 1. The third-order valence-corrected chi connectivity index (χ3v) is 6.18. The van der Waals surface area contributed by atoms with Crippen molar-refractivity contribution in [3.05, 3.63) is 36.7 Å². The Morgan fingerprint density at radius 2 is 2.20 bits per heavy atom. The van der Waals surface area contributed by atoms with E-state index >= 15 is 0 Å². The highest BCUT2D eigenvalue weighted by Crippen LogP contribution is 2.33. The van der Waals surface area contributed by atoms with E-state index in [0.717, 1.165) is 0 Å². The van der Waals surface area contributed by atoms with Crippen molar-refractivity contribution < 1.29 is 18.3 Å². The molecule has 1 atom stereocenters. The molecule has 1 fully saturated rings. The molecule has 0 spiro atoms. The maximum Gasteiger partial charge on any atom is 0.244 e. The molecule has 0 saturated heterocycles. The van der Waals surface area contributed by atoms with E-state index in [2.05, 4.69) is 9.82 Å². The Bertz CT molecular complexity index is 814. The summed E-state index contributed by atoms with van der Waals surface area (Å²) in [5.41, 5.74) is 0.637. The van der Waals surface area contributed by atoms with Gasteiger partial charge in [-0.1, -0.05) is 6.92 Å². The fourth-order valence-electron chi connectivity index (χ4n) is 3.17. The molecule has 1 aromatic heterocycles. The Balaban J connectivity index is 1.91. The third kappa shape index (κ3) is 3.70. The number of hydrogen-bond acceptors (Lipinski definition) is 5. The van der Waals surface area contributed by atoms with E-state index in [1.165, 1.54) is 7.11 Å². The number of aliphatic hydroxyl groups is 1. The van der Waals surface area contributed by atoms with Crippen molar-refractivity contribution >= 4 is 10.0 Å². The minimum absolute atomic E-state index is 0.0846. The lowest BCUT2D eigenvalue weighted by atomic mass is 9.77. The molecule has 7 nitrogen and oxygen atoms in total. The number of hydrogen-bond donors (Lipinski definition) is 2. The molecule has 1 aromatic carbocycles. The lowest BCUT2D eigenvalue weighted by Crippen LogP contribution is -2.46. The number of nitrogens with zero attached hydrogens (tertiary/aromatic N) is 2. The second-order valence-corrected chi connectivity index (χ2v) is 7.99. The van der Waals surface area contributed by atoms with Crippen LogP contribution in [0.2, 0.25) is 0 Å². The van der Waals surface area contributed by atoms with Crippen LogP contribution in [0.4, 0.5) is 0 Å². The van der Waals surface area contributed by atoms with Gasteiger partial charge in [0.15, 0.2) is 0 Å². The molecule has 2 aromatic rings. The van der Waals surface area contributed by atoms with E-state index < -0.39 is 10.0 Å². The van der Waals surface area contributed by atoms with Gasteiger partial charge in [0.05, 0.1) is 18.9 Å². The van der Waals surface area contributed by atoms with Gasteiger partial charge in [-0.3, -0.25) is 0 Å². The summed E-state index contributed by atoms with van der Waals surface area (Å²) in [5.74, 6) is 0.446. The number of ether oxygens (including phenoxy) is 1. The first-order chi connectivity index (χ1) is 11.9. The monoisotopic (exact) mass is 365 g/mol. The molecule has 136 valence electrons. The summed E-state index contributed by atoms with van der Waals surface area (Å²) in [6.07, 6.45) is 4.98. The van der Waals surface area contributed by atoms with Crippen LogP contribution in [0.3, 0.4) is 0 Å². The van der Waals surface area contributed by atoms with Crippen LogP contribution >= 0.6 is 0 Å². The highest BCUT2D eigenvalue weighted by atomic mass is 32.2. The lowest BCUT2D eigenvalue weighted by molar-refractivity contribution is 0.0277. The molecule has 1 aliphatic carbocycles. The molecule has 0 bridgehead atoms. The van der Waals surface area contributed by atoms with Gasteiger partial charge in [0, 0.05) is 18.4 Å². The summed E-state index contributed by atoms with van der Waals surface area (Å²) in [6.45, 7) is 1.94. The van der Waals surface area contributed by atoms with Crippen LogP contribution in [0, 0.1) is 5.92 Å². The minimum Gasteiger partial charge on any atom is -0.495 e. The average Bonchev–Trinajstić information content (AvgIpc) is 3.11. The molecule has 0 aliphatic heterocycles. The van der Waals surface area contributed by atoms with E-state index in [1.807, 2.05) is 6.92 Å². The summed E-state index contributed by atoms with van der Waals surface area (Å²) in [4.78, 5) is 0.0846. The van der Waals surface area contributed by atoms with Crippen molar-refractivity contribution in [2.45, 2.75) is 43.2 Å². The standard InChI is InChI=1S/C17H23N3O4S/c1-3-15(12-9-14(21)10-12)19-25(22,23)17-11-13(5-6-16(17)24-2)20-8-4-7-18-20/h4-8,11-12,14-15,19,21H,3,9-10H2,1-2H3/t12?,14?,15-/m0/s1. The first kappa shape index (κ1) is 17.9. The van der Waals surface area contributed by atoms with Crippen LogP contribution < -0.4 is 9.46 Å². The van der Waals surface area contributed by atoms with Crippen LogP contribution in [0.25, 0.3) is 5.69 Å². The zero-order valence-electron chi connectivity index (χ0n) is 14.3. The summed E-state index contributed by atoms with van der Waals surface area (Å²) in [7, 11) is -2.32. The molecule has 1 aliphatic rings. The van der Waals surface area contributed by atoms with Gasteiger partial charge in [-0.2, -0.15) is 5.10 Å². The summed E-state index contributed by atoms with van der Waals surface area (Å²) >= 11 is 0. The van der Waals surface area contributed by atoms with Crippen molar-refractivity contribution in [2.24, 2.45) is 5.92 Å².